The summed E-state index contributed by atoms with van der Waals surface area (Å²) in [7, 11) is -0.137. The van der Waals surface area contributed by atoms with Crippen molar-refractivity contribution in [3.05, 3.63) is 29.8 Å². The molecule has 19 heavy (non-hydrogen) atoms. The smallest absolute Gasteiger partial charge is 0.353 e. The maximum absolute atomic E-state index is 11.4. The third kappa shape index (κ3) is 10.8. The Morgan fingerprint density at radius 3 is 2.53 bits per heavy atom. The van der Waals surface area contributed by atoms with Crippen LogP contribution in [-0.4, -0.2) is 31.8 Å². The number of esters is 1. The molecule has 1 aromatic carbocycles. The number of thioether (sulfide) groups is 1. The minimum Gasteiger partial charge on any atom is -0.462 e. The van der Waals surface area contributed by atoms with Crippen molar-refractivity contribution in [1.82, 2.24) is 0 Å². The Morgan fingerprint density at radius 2 is 2.05 bits per heavy atom. The molecule has 0 amide bonds. The predicted octanol–water partition coefficient (Wildman–Crippen LogP) is 3.00. The van der Waals surface area contributed by atoms with E-state index in [1.807, 2.05) is 31.4 Å². The van der Waals surface area contributed by atoms with Gasteiger partial charge in [-0.2, -0.15) is 8.42 Å². The molecule has 0 atom stereocenters. The number of halogens is 1. The van der Waals surface area contributed by atoms with E-state index in [4.69, 9.17) is 17.7 Å². The minimum atomic E-state index is -4.19. The topological polar surface area (TPSA) is 80.7 Å². The Kier molecular flexibility index (Phi) is 8.82. The molecule has 0 spiro atoms. The van der Waals surface area contributed by atoms with Gasteiger partial charge in [0, 0.05) is 15.6 Å². The molecular weight excluding hydrogens is 312 g/mol. The molecule has 0 aliphatic rings. The fourth-order valence-corrected chi connectivity index (χ4v) is 1.49. The Balaban J connectivity index is 0.000000555. The number of hydrogen-bond donors (Lipinski definition) is 1. The van der Waals surface area contributed by atoms with Crippen molar-refractivity contribution in [3.8, 4) is 0 Å². The average molecular weight is 327 g/mol. The van der Waals surface area contributed by atoms with E-state index < -0.39 is 9.33 Å². The highest BCUT2D eigenvalue weighted by Crippen LogP contribution is 2.16. The first kappa shape index (κ1) is 18.2. The Labute approximate surface area is 121 Å². The van der Waals surface area contributed by atoms with Crippen LogP contribution in [0.2, 0.25) is 0 Å². The number of ether oxygens (including phenoxy) is 1. The van der Waals surface area contributed by atoms with Crippen LogP contribution in [0, 0.1) is 0 Å². The maximum atomic E-state index is 11.4. The summed E-state index contributed by atoms with van der Waals surface area (Å²) in [5.74, 6) is -0.234. The van der Waals surface area contributed by atoms with Gasteiger partial charge in [0.05, 0.1) is 12.2 Å². The van der Waals surface area contributed by atoms with Crippen molar-refractivity contribution in [2.24, 2.45) is 0 Å². The largest absolute Gasteiger partial charge is 0.462 e. The third-order valence-corrected chi connectivity index (χ3v) is 2.47. The molecule has 1 aromatic rings. The molecule has 0 saturated heterocycles. The van der Waals surface area contributed by atoms with E-state index in [-0.39, 0.29) is 5.97 Å². The lowest BCUT2D eigenvalue weighted by atomic mass is 10.2. The van der Waals surface area contributed by atoms with Crippen molar-refractivity contribution in [2.75, 3.05) is 12.9 Å². The molecule has 0 heterocycles. The summed E-state index contributed by atoms with van der Waals surface area (Å²) >= 11 is 1.62. The molecule has 0 aromatic heterocycles. The van der Waals surface area contributed by atoms with E-state index in [0.717, 1.165) is 11.3 Å². The van der Waals surface area contributed by atoms with Gasteiger partial charge in [-0.15, -0.1) is 11.8 Å². The summed E-state index contributed by atoms with van der Waals surface area (Å²) in [6, 6.07) is 7.47. The van der Waals surface area contributed by atoms with Gasteiger partial charge in [0.2, 0.25) is 0 Å². The standard InChI is InChI=1S/C11H14O2S.ClHO3S/c1-3-7-13-11(12)9-5-4-6-10(8-9)14-2;1-5(2,3)4/h4-6,8H,3,7H2,1-2H3;(H,2,3,4). The zero-order valence-corrected chi connectivity index (χ0v) is 12.9. The Bertz CT molecular complexity index is 494. The van der Waals surface area contributed by atoms with Gasteiger partial charge >= 0.3 is 15.3 Å². The second kappa shape index (κ2) is 9.19. The van der Waals surface area contributed by atoms with Crippen molar-refractivity contribution in [2.45, 2.75) is 18.2 Å². The first-order chi connectivity index (χ1) is 8.77. The van der Waals surface area contributed by atoms with E-state index in [1.165, 1.54) is 0 Å². The summed E-state index contributed by atoms with van der Waals surface area (Å²) in [6.07, 6.45) is 2.84. The number of rotatable bonds is 4. The second-order valence-electron chi connectivity index (χ2n) is 3.28. The molecular formula is C11H15ClO5S2. The van der Waals surface area contributed by atoms with Gasteiger partial charge in [-0.05, 0) is 30.9 Å². The first-order valence-corrected chi connectivity index (χ1v) is 8.75. The van der Waals surface area contributed by atoms with Crippen LogP contribution in [0.25, 0.3) is 0 Å². The highest BCUT2D eigenvalue weighted by atomic mass is 35.7. The van der Waals surface area contributed by atoms with Crippen molar-refractivity contribution < 1.29 is 22.5 Å². The van der Waals surface area contributed by atoms with Gasteiger partial charge in [0.15, 0.2) is 0 Å². The quantitative estimate of drug-likeness (QED) is 0.396. The third-order valence-electron chi connectivity index (χ3n) is 1.74. The zero-order valence-electron chi connectivity index (χ0n) is 10.5. The number of carbonyl (C=O) groups excluding carboxylic acids is 1. The molecule has 0 aliphatic carbocycles. The Hall–Kier alpha value is -0.760. The lowest BCUT2D eigenvalue weighted by Gasteiger charge is -2.03. The van der Waals surface area contributed by atoms with E-state index >= 15 is 0 Å². The molecule has 8 heteroatoms. The van der Waals surface area contributed by atoms with Crippen molar-refractivity contribution >= 4 is 37.7 Å². The summed E-state index contributed by atoms with van der Waals surface area (Å²) in [6.45, 7) is 2.47. The van der Waals surface area contributed by atoms with Crippen LogP contribution in [0.1, 0.15) is 23.7 Å². The van der Waals surface area contributed by atoms with Crippen LogP contribution in [0.4, 0.5) is 0 Å². The fraction of sp³-hybridized carbons (Fsp3) is 0.364. The van der Waals surface area contributed by atoms with Crippen LogP contribution in [-0.2, 0) is 14.1 Å². The lowest BCUT2D eigenvalue weighted by molar-refractivity contribution is 0.0505. The van der Waals surface area contributed by atoms with Crippen LogP contribution in [0.15, 0.2) is 29.2 Å². The fourth-order valence-electron chi connectivity index (χ4n) is 1.03. The zero-order chi connectivity index (χ0) is 14.9. The summed E-state index contributed by atoms with van der Waals surface area (Å²) in [5, 5.41) is 0. The first-order valence-electron chi connectivity index (χ1n) is 5.26. The molecule has 108 valence electrons. The van der Waals surface area contributed by atoms with Crippen molar-refractivity contribution in [1.29, 1.82) is 0 Å². The number of carbonyl (C=O) groups is 1. The van der Waals surface area contributed by atoms with Crippen molar-refractivity contribution in [3.63, 3.8) is 0 Å². The van der Waals surface area contributed by atoms with Crippen LogP contribution in [0.5, 0.6) is 0 Å². The van der Waals surface area contributed by atoms with Crippen LogP contribution < -0.4 is 0 Å². The minimum absolute atomic E-state index is 0.234. The highest BCUT2D eigenvalue weighted by Gasteiger charge is 2.06. The molecule has 5 nitrogen and oxygen atoms in total. The molecule has 0 radical (unpaired) electrons. The van der Waals surface area contributed by atoms with Gasteiger partial charge in [0.25, 0.3) is 0 Å². The molecule has 0 unspecified atom stereocenters. The van der Waals surface area contributed by atoms with E-state index in [1.54, 1.807) is 17.8 Å². The summed E-state index contributed by atoms with van der Waals surface area (Å²) in [4.78, 5) is 12.5. The molecule has 1 rings (SSSR count). The van der Waals surface area contributed by atoms with Gasteiger partial charge in [-0.1, -0.05) is 13.0 Å². The Morgan fingerprint density at radius 1 is 1.47 bits per heavy atom. The van der Waals surface area contributed by atoms with Gasteiger partial charge in [-0.3, -0.25) is 4.55 Å². The van der Waals surface area contributed by atoms with Gasteiger partial charge < -0.3 is 4.74 Å². The normalized spacial score (nSPS) is 10.3. The highest BCUT2D eigenvalue weighted by molar-refractivity contribution is 8.09. The van der Waals surface area contributed by atoms with E-state index in [2.05, 4.69) is 10.7 Å². The number of benzene rings is 1. The van der Waals surface area contributed by atoms with Gasteiger partial charge in [-0.25, -0.2) is 4.79 Å². The van der Waals surface area contributed by atoms with Gasteiger partial charge in [0.1, 0.15) is 0 Å². The average Bonchev–Trinajstić information content (AvgIpc) is 2.34. The predicted molar refractivity (Wildman–Crippen MR) is 76.2 cm³/mol. The van der Waals surface area contributed by atoms with Crippen LogP contribution >= 0.6 is 22.4 Å². The summed E-state index contributed by atoms with van der Waals surface area (Å²) < 4.78 is 30.2. The summed E-state index contributed by atoms with van der Waals surface area (Å²) in [5.41, 5.74) is 0.630. The number of hydrogen-bond acceptors (Lipinski definition) is 5. The van der Waals surface area contributed by atoms with Crippen LogP contribution in [0.3, 0.4) is 0 Å². The molecule has 1 N–H and O–H groups in total. The monoisotopic (exact) mass is 326 g/mol. The lowest BCUT2D eigenvalue weighted by Crippen LogP contribution is -2.05. The van der Waals surface area contributed by atoms with E-state index in [0.29, 0.717) is 12.2 Å². The SMILES string of the molecule is CCCOC(=O)c1cccc(SC)c1.O=S(=O)(O)Cl. The molecule has 0 aliphatic heterocycles. The van der Waals surface area contributed by atoms with E-state index in [9.17, 15) is 4.79 Å². The second-order valence-corrected chi connectivity index (χ2v) is 6.15. The molecule has 0 saturated carbocycles. The molecule has 0 bridgehead atoms. The molecule has 0 fully saturated rings. The maximum Gasteiger partial charge on any atom is 0.353 e.